The van der Waals surface area contributed by atoms with Crippen molar-refractivity contribution in [3.63, 3.8) is 0 Å². The van der Waals surface area contributed by atoms with Crippen LogP contribution in [-0.4, -0.2) is 43.4 Å². The summed E-state index contributed by atoms with van der Waals surface area (Å²) in [6.07, 6.45) is 3.94. The van der Waals surface area contributed by atoms with Crippen LogP contribution >= 0.6 is 0 Å². The van der Waals surface area contributed by atoms with Crippen molar-refractivity contribution in [2.24, 2.45) is 17.1 Å². The Balaban J connectivity index is 1.25. The maximum absolute atomic E-state index is 15.1. The zero-order valence-electron chi connectivity index (χ0n) is 23.7. The molecule has 1 aliphatic carbocycles. The van der Waals surface area contributed by atoms with Gasteiger partial charge in [-0.25, -0.2) is 13.2 Å². The minimum atomic E-state index is -0.838. The van der Waals surface area contributed by atoms with Crippen molar-refractivity contribution in [3.05, 3.63) is 76.8 Å². The third kappa shape index (κ3) is 5.02. The summed E-state index contributed by atoms with van der Waals surface area (Å²) in [6.45, 7) is 5.53. The molecule has 4 atom stereocenters. The van der Waals surface area contributed by atoms with Gasteiger partial charge in [-0.1, -0.05) is 0 Å². The molecule has 1 aromatic carbocycles. The standard InChI is InChI=1S/C30H30F3N7O3/c1-14(40-24(29(34)42)4-5-36-40)6-17-11-30(17)13-43-28-20(7-18(31)8-23(28)33)21(30)10-25(41)37-19-9-22(32)27(35-12-19)26-15(2)38-39-16(26)3/h4-5,7-9,12,14,17,21H,6,10-11,13H2,1-3H3,(H2,34,42)(H,37,41)(H,38,39). The van der Waals surface area contributed by atoms with E-state index in [1.54, 1.807) is 24.6 Å². The van der Waals surface area contributed by atoms with Crippen LogP contribution in [0.2, 0.25) is 0 Å². The number of aromatic nitrogens is 5. The summed E-state index contributed by atoms with van der Waals surface area (Å²) >= 11 is 0. The summed E-state index contributed by atoms with van der Waals surface area (Å²) in [6, 6.07) is 4.48. The number of carbonyl (C=O) groups excluding carboxylic acids is 2. The van der Waals surface area contributed by atoms with Gasteiger partial charge in [0.05, 0.1) is 30.2 Å². The quantitative estimate of drug-likeness (QED) is 0.264. The van der Waals surface area contributed by atoms with E-state index in [0.29, 0.717) is 29.8 Å². The number of benzene rings is 1. The maximum Gasteiger partial charge on any atom is 0.266 e. The number of pyridine rings is 1. The summed E-state index contributed by atoms with van der Waals surface area (Å²) < 4.78 is 51.7. The minimum Gasteiger partial charge on any atom is -0.490 e. The third-order valence-electron chi connectivity index (χ3n) is 8.72. The van der Waals surface area contributed by atoms with E-state index >= 15 is 4.39 Å². The molecule has 224 valence electrons. The first-order chi connectivity index (χ1) is 20.5. The maximum atomic E-state index is 15.1. The number of ether oxygens (including phenoxy) is 1. The van der Waals surface area contributed by atoms with E-state index in [-0.39, 0.29) is 53.4 Å². The number of carbonyl (C=O) groups is 2. The Hall–Kier alpha value is -4.68. The summed E-state index contributed by atoms with van der Waals surface area (Å²) in [4.78, 5) is 29.4. The molecule has 13 heteroatoms. The van der Waals surface area contributed by atoms with Crippen molar-refractivity contribution in [1.82, 2.24) is 25.0 Å². The Kier molecular flexibility index (Phi) is 6.98. The second kappa shape index (κ2) is 10.5. The number of nitrogens with one attached hydrogen (secondary N) is 2. The highest BCUT2D eigenvalue weighted by atomic mass is 19.1. The van der Waals surface area contributed by atoms with Crippen molar-refractivity contribution in [1.29, 1.82) is 0 Å². The van der Waals surface area contributed by atoms with Crippen molar-refractivity contribution in [2.75, 3.05) is 11.9 Å². The molecule has 2 amide bonds. The number of amides is 2. The Morgan fingerprint density at radius 1 is 1.23 bits per heavy atom. The SMILES string of the molecule is Cc1n[nH]c(C)c1-c1ncc(NC(=O)CC2c3cc(F)cc(F)c3OCC23CC3CC(C)n2nccc2C(N)=O)cc1F. The zero-order valence-corrected chi connectivity index (χ0v) is 23.7. The molecule has 6 rings (SSSR count). The Labute approximate surface area is 244 Å². The van der Waals surface area contributed by atoms with Gasteiger partial charge in [-0.3, -0.25) is 24.4 Å². The van der Waals surface area contributed by atoms with Crippen molar-refractivity contribution in [3.8, 4) is 17.0 Å². The lowest BCUT2D eigenvalue weighted by molar-refractivity contribution is -0.117. The lowest BCUT2D eigenvalue weighted by Gasteiger charge is -2.35. The first kappa shape index (κ1) is 28.4. The van der Waals surface area contributed by atoms with Crippen molar-refractivity contribution in [2.45, 2.75) is 52.0 Å². The lowest BCUT2D eigenvalue weighted by Crippen LogP contribution is -2.33. The van der Waals surface area contributed by atoms with Crippen molar-refractivity contribution < 1.29 is 27.5 Å². The van der Waals surface area contributed by atoms with Gasteiger partial charge in [0.1, 0.15) is 17.2 Å². The molecule has 0 radical (unpaired) electrons. The molecule has 2 aliphatic rings. The van der Waals surface area contributed by atoms with Gasteiger partial charge < -0.3 is 15.8 Å². The second-order valence-corrected chi connectivity index (χ2v) is 11.5. The smallest absolute Gasteiger partial charge is 0.266 e. The fraction of sp³-hybridized carbons (Fsp3) is 0.367. The molecule has 0 bridgehead atoms. The first-order valence-corrected chi connectivity index (χ1v) is 13.9. The number of aromatic amines is 1. The predicted molar refractivity (Wildman–Crippen MR) is 150 cm³/mol. The van der Waals surface area contributed by atoms with E-state index in [0.717, 1.165) is 6.07 Å². The molecular formula is C30H30F3N7O3. The number of fused-ring (bicyclic) bond motifs is 1. The molecule has 3 aromatic heterocycles. The first-order valence-electron chi connectivity index (χ1n) is 13.9. The normalized spacial score (nSPS) is 21.3. The lowest BCUT2D eigenvalue weighted by atomic mass is 9.76. The largest absolute Gasteiger partial charge is 0.490 e. The van der Waals surface area contributed by atoms with Gasteiger partial charge in [0.15, 0.2) is 17.4 Å². The molecule has 4 unspecified atom stereocenters. The third-order valence-corrected chi connectivity index (χ3v) is 8.72. The summed E-state index contributed by atoms with van der Waals surface area (Å²) in [7, 11) is 0. The van der Waals surface area contributed by atoms with Gasteiger partial charge in [-0.05, 0) is 51.7 Å². The highest BCUT2D eigenvalue weighted by Crippen LogP contribution is 2.67. The average Bonchev–Trinajstić information content (AvgIpc) is 3.24. The fourth-order valence-corrected chi connectivity index (χ4v) is 6.60. The number of nitrogens with two attached hydrogens (primary N) is 1. The van der Waals surface area contributed by atoms with E-state index < -0.39 is 40.6 Å². The number of primary amides is 1. The highest BCUT2D eigenvalue weighted by molar-refractivity contribution is 5.92. The van der Waals surface area contributed by atoms with Crippen LogP contribution < -0.4 is 15.8 Å². The molecule has 4 heterocycles. The highest BCUT2D eigenvalue weighted by Gasteiger charge is 2.62. The molecule has 1 aliphatic heterocycles. The molecule has 43 heavy (non-hydrogen) atoms. The average molecular weight is 594 g/mol. The van der Waals surface area contributed by atoms with Crippen LogP contribution in [0.4, 0.5) is 18.9 Å². The zero-order chi connectivity index (χ0) is 30.6. The Morgan fingerprint density at radius 3 is 2.72 bits per heavy atom. The molecule has 4 aromatic rings. The van der Waals surface area contributed by atoms with Crippen LogP contribution in [0.5, 0.6) is 5.75 Å². The van der Waals surface area contributed by atoms with Crippen LogP contribution in [0.25, 0.3) is 11.3 Å². The van der Waals surface area contributed by atoms with E-state index in [1.807, 2.05) is 6.92 Å². The van der Waals surface area contributed by atoms with E-state index in [9.17, 15) is 18.4 Å². The second-order valence-electron chi connectivity index (χ2n) is 11.5. The van der Waals surface area contributed by atoms with Crippen molar-refractivity contribution >= 4 is 17.5 Å². The molecule has 1 spiro atoms. The molecule has 0 saturated heterocycles. The monoisotopic (exact) mass is 593 g/mol. The Morgan fingerprint density at radius 2 is 2.02 bits per heavy atom. The minimum absolute atomic E-state index is 0.00420. The van der Waals surface area contributed by atoms with Crippen LogP contribution in [-0.2, 0) is 4.79 Å². The molecular weight excluding hydrogens is 563 g/mol. The molecule has 4 N–H and O–H groups in total. The van der Waals surface area contributed by atoms with E-state index in [1.165, 1.54) is 24.5 Å². The number of hydrogen-bond donors (Lipinski definition) is 3. The van der Waals surface area contributed by atoms with Gasteiger partial charge in [0.25, 0.3) is 5.91 Å². The Bertz CT molecular complexity index is 1730. The van der Waals surface area contributed by atoms with E-state index in [2.05, 4.69) is 25.6 Å². The fourth-order valence-electron chi connectivity index (χ4n) is 6.60. The molecule has 10 nitrogen and oxygen atoms in total. The number of hydrogen-bond acceptors (Lipinski definition) is 6. The van der Waals surface area contributed by atoms with Gasteiger partial charge in [0, 0.05) is 52.9 Å². The van der Waals surface area contributed by atoms with Gasteiger partial charge in [-0.2, -0.15) is 10.2 Å². The number of anilines is 1. The van der Waals surface area contributed by atoms with Crippen LogP contribution in [0, 0.1) is 42.6 Å². The predicted octanol–water partition coefficient (Wildman–Crippen LogP) is 4.96. The van der Waals surface area contributed by atoms with Gasteiger partial charge in [-0.15, -0.1) is 0 Å². The summed E-state index contributed by atoms with van der Waals surface area (Å²) in [5.74, 6) is -3.96. The van der Waals surface area contributed by atoms with Crippen LogP contribution in [0.15, 0.2) is 36.7 Å². The summed E-state index contributed by atoms with van der Waals surface area (Å²) in [5.41, 5.74) is 7.52. The molecule has 1 saturated carbocycles. The molecule has 1 fully saturated rings. The summed E-state index contributed by atoms with van der Waals surface area (Å²) in [5, 5.41) is 13.8. The topological polar surface area (TPSA) is 141 Å². The number of rotatable bonds is 8. The van der Waals surface area contributed by atoms with Gasteiger partial charge >= 0.3 is 0 Å². The van der Waals surface area contributed by atoms with Crippen LogP contribution in [0.3, 0.4) is 0 Å². The number of nitrogens with zero attached hydrogens (tertiary/aromatic N) is 4. The number of halogens is 3. The number of H-pyrrole nitrogens is 1. The number of aryl methyl sites for hydroxylation is 2. The van der Waals surface area contributed by atoms with Gasteiger partial charge in [0.2, 0.25) is 5.91 Å². The van der Waals surface area contributed by atoms with Crippen LogP contribution in [0.1, 0.15) is 65.6 Å². The van der Waals surface area contributed by atoms with E-state index in [4.69, 9.17) is 10.5 Å².